The minimum Gasteiger partial charge on any atom is -0.459 e. The van der Waals surface area contributed by atoms with Gasteiger partial charge in [0.25, 0.3) is 0 Å². The minimum absolute atomic E-state index is 0.114. The van der Waals surface area contributed by atoms with Crippen LogP contribution in [0.3, 0.4) is 0 Å². The molecule has 1 atom stereocenters. The predicted molar refractivity (Wildman–Crippen MR) is 129 cm³/mol. The van der Waals surface area contributed by atoms with Crippen LogP contribution in [0.4, 0.5) is 11.4 Å². The smallest absolute Gasteiger partial charge is 0.238 e. The van der Waals surface area contributed by atoms with Gasteiger partial charge in [-0.2, -0.15) is 0 Å². The third-order valence-electron chi connectivity index (χ3n) is 5.86. The summed E-state index contributed by atoms with van der Waals surface area (Å²) in [7, 11) is 0. The standard InChI is InChI=1S/C27H25N3O3/c31-25(29-21-12-14-22(15-13-21)30-16-6-11-26(30)32)18-28-27(19-7-2-1-3-8-19)24-17-20-9-4-5-10-23(20)33-24/h1-5,7-10,12-15,17,27-28H,6,11,16,18H2,(H,29,31)/t27-/m0/s1. The lowest BCUT2D eigenvalue weighted by molar-refractivity contribution is -0.117. The maximum absolute atomic E-state index is 12.7. The van der Waals surface area contributed by atoms with Crippen LogP contribution in [-0.2, 0) is 9.59 Å². The molecule has 0 bridgehead atoms. The Labute approximate surface area is 192 Å². The van der Waals surface area contributed by atoms with Crippen molar-refractivity contribution in [3.05, 3.63) is 96.3 Å². The molecule has 1 aromatic heterocycles. The number of carbonyl (C=O) groups excluding carboxylic acids is 2. The quantitative estimate of drug-likeness (QED) is 0.431. The van der Waals surface area contributed by atoms with Gasteiger partial charge in [-0.15, -0.1) is 0 Å². The fourth-order valence-corrected chi connectivity index (χ4v) is 4.22. The first-order chi connectivity index (χ1) is 16.2. The highest BCUT2D eigenvalue weighted by molar-refractivity contribution is 5.96. The summed E-state index contributed by atoms with van der Waals surface area (Å²) in [6.07, 6.45) is 1.48. The zero-order valence-electron chi connectivity index (χ0n) is 18.2. The molecule has 2 N–H and O–H groups in total. The van der Waals surface area contributed by atoms with Gasteiger partial charge in [0.2, 0.25) is 11.8 Å². The highest BCUT2D eigenvalue weighted by Gasteiger charge is 2.22. The Kier molecular flexibility index (Phi) is 5.91. The van der Waals surface area contributed by atoms with Gasteiger partial charge in [0.05, 0.1) is 12.6 Å². The summed E-state index contributed by atoms with van der Waals surface area (Å²) < 4.78 is 6.08. The zero-order valence-corrected chi connectivity index (χ0v) is 18.2. The lowest BCUT2D eigenvalue weighted by Gasteiger charge is -2.18. The van der Waals surface area contributed by atoms with E-state index >= 15 is 0 Å². The van der Waals surface area contributed by atoms with Gasteiger partial charge >= 0.3 is 0 Å². The first-order valence-corrected chi connectivity index (χ1v) is 11.1. The molecule has 33 heavy (non-hydrogen) atoms. The van der Waals surface area contributed by atoms with Crippen molar-refractivity contribution in [2.45, 2.75) is 18.9 Å². The Morgan fingerprint density at radius 1 is 0.970 bits per heavy atom. The van der Waals surface area contributed by atoms with E-state index in [1.165, 1.54) is 0 Å². The Balaban J connectivity index is 1.27. The van der Waals surface area contributed by atoms with Crippen molar-refractivity contribution < 1.29 is 14.0 Å². The van der Waals surface area contributed by atoms with Crippen LogP contribution < -0.4 is 15.5 Å². The Morgan fingerprint density at radius 2 is 1.73 bits per heavy atom. The molecule has 5 rings (SSSR count). The number of benzene rings is 3. The van der Waals surface area contributed by atoms with Crippen LogP contribution in [0.15, 0.2) is 89.3 Å². The van der Waals surface area contributed by atoms with Crippen LogP contribution in [-0.4, -0.2) is 24.9 Å². The van der Waals surface area contributed by atoms with E-state index in [0.717, 1.165) is 40.9 Å². The molecule has 0 radical (unpaired) electrons. The van der Waals surface area contributed by atoms with Crippen LogP contribution in [0, 0.1) is 0 Å². The van der Waals surface area contributed by atoms with Crippen molar-refractivity contribution in [2.24, 2.45) is 0 Å². The Morgan fingerprint density at radius 3 is 2.45 bits per heavy atom. The summed E-state index contributed by atoms with van der Waals surface area (Å²) in [6, 6.07) is 26.9. The molecule has 6 heteroatoms. The van der Waals surface area contributed by atoms with E-state index in [4.69, 9.17) is 4.42 Å². The topological polar surface area (TPSA) is 74.6 Å². The summed E-state index contributed by atoms with van der Waals surface area (Å²) in [5, 5.41) is 7.28. The average molecular weight is 440 g/mol. The maximum atomic E-state index is 12.7. The van der Waals surface area contributed by atoms with Crippen LogP contribution in [0.5, 0.6) is 0 Å². The number of hydrogen-bond donors (Lipinski definition) is 2. The normalized spacial score (nSPS) is 14.5. The number of furan rings is 1. The number of amides is 2. The van der Waals surface area contributed by atoms with E-state index in [1.54, 1.807) is 4.90 Å². The van der Waals surface area contributed by atoms with Crippen molar-refractivity contribution >= 4 is 34.2 Å². The van der Waals surface area contributed by atoms with Crippen molar-refractivity contribution in [3.8, 4) is 0 Å². The van der Waals surface area contributed by atoms with Gasteiger partial charge in [-0.25, -0.2) is 0 Å². The highest BCUT2D eigenvalue weighted by atomic mass is 16.3. The summed E-state index contributed by atoms with van der Waals surface area (Å²) in [5.74, 6) is 0.750. The van der Waals surface area contributed by atoms with Crippen molar-refractivity contribution in [3.63, 3.8) is 0 Å². The van der Waals surface area contributed by atoms with Crippen LogP contribution in [0.2, 0.25) is 0 Å². The van der Waals surface area contributed by atoms with Gasteiger partial charge in [-0.3, -0.25) is 14.9 Å². The lowest BCUT2D eigenvalue weighted by Crippen LogP contribution is -2.31. The molecule has 3 aromatic carbocycles. The first kappa shape index (κ1) is 21.0. The zero-order chi connectivity index (χ0) is 22.6. The number of nitrogens with one attached hydrogen (secondary N) is 2. The van der Waals surface area contributed by atoms with Crippen LogP contribution >= 0.6 is 0 Å². The molecule has 2 amide bonds. The number of anilines is 2. The monoisotopic (exact) mass is 439 g/mol. The fraction of sp³-hybridized carbons (Fsp3) is 0.185. The van der Waals surface area contributed by atoms with Gasteiger partial charge in [0, 0.05) is 29.7 Å². The average Bonchev–Trinajstić information content (AvgIpc) is 3.46. The molecular formula is C27H25N3O3. The molecule has 2 heterocycles. The van der Waals surface area contributed by atoms with E-state index in [0.29, 0.717) is 12.1 Å². The molecule has 0 spiro atoms. The molecule has 1 aliphatic rings. The Bertz CT molecular complexity index is 1230. The molecule has 0 aliphatic carbocycles. The van der Waals surface area contributed by atoms with Crippen molar-refractivity contribution in [1.82, 2.24) is 5.32 Å². The van der Waals surface area contributed by atoms with E-state index in [1.807, 2.05) is 84.9 Å². The molecule has 1 fully saturated rings. The second-order valence-corrected chi connectivity index (χ2v) is 8.16. The van der Waals surface area contributed by atoms with Gasteiger partial charge in [-0.05, 0) is 48.4 Å². The predicted octanol–water partition coefficient (Wildman–Crippen LogP) is 4.88. The number of hydrogen-bond acceptors (Lipinski definition) is 4. The maximum Gasteiger partial charge on any atom is 0.238 e. The minimum atomic E-state index is -0.257. The van der Waals surface area contributed by atoms with Crippen LogP contribution in [0.1, 0.15) is 30.2 Å². The molecule has 1 aliphatic heterocycles. The molecule has 0 saturated carbocycles. The number of para-hydroxylation sites is 1. The molecule has 6 nitrogen and oxygen atoms in total. The van der Waals surface area contributed by atoms with Gasteiger partial charge in [0.1, 0.15) is 11.3 Å². The van der Waals surface area contributed by atoms with E-state index in [2.05, 4.69) is 10.6 Å². The van der Waals surface area contributed by atoms with Crippen molar-refractivity contribution in [2.75, 3.05) is 23.3 Å². The molecular weight excluding hydrogens is 414 g/mol. The van der Waals surface area contributed by atoms with Crippen molar-refractivity contribution in [1.29, 1.82) is 0 Å². The largest absolute Gasteiger partial charge is 0.459 e. The van der Waals surface area contributed by atoms with E-state index in [9.17, 15) is 9.59 Å². The first-order valence-electron chi connectivity index (χ1n) is 11.1. The Hall–Kier alpha value is -3.90. The summed E-state index contributed by atoms with van der Waals surface area (Å²) >= 11 is 0. The van der Waals surface area contributed by atoms with Gasteiger partial charge in [0.15, 0.2) is 0 Å². The SMILES string of the molecule is O=C(CN[C@@H](c1ccccc1)c1cc2ccccc2o1)Nc1ccc(N2CCCC2=O)cc1. The summed E-state index contributed by atoms with van der Waals surface area (Å²) in [5.41, 5.74) is 3.39. The summed E-state index contributed by atoms with van der Waals surface area (Å²) in [4.78, 5) is 26.4. The third kappa shape index (κ3) is 4.66. The summed E-state index contributed by atoms with van der Waals surface area (Å²) in [6.45, 7) is 0.861. The number of carbonyl (C=O) groups is 2. The fourth-order valence-electron chi connectivity index (χ4n) is 4.22. The number of fused-ring (bicyclic) bond motifs is 1. The highest BCUT2D eigenvalue weighted by Crippen LogP contribution is 2.28. The molecule has 166 valence electrons. The van der Waals surface area contributed by atoms with Gasteiger partial charge in [-0.1, -0.05) is 48.5 Å². The molecule has 4 aromatic rings. The second-order valence-electron chi connectivity index (χ2n) is 8.16. The second kappa shape index (κ2) is 9.30. The van der Waals surface area contributed by atoms with Crippen LogP contribution in [0.25, 0.3) is 11.0 Å². The number of nitrogens with zero attached hydrogens (tertiary/aromatic N) is 1. The third-order valence-corrected chi connectivity index (χ3v) is 5.86. The van der Waals surface area contributed by atoms with E-state index in [-0.39, 0.29) is 24.4 Å². The lowest BCUT2D eigenvalue weighted by atomic mass is 10.0. The van der Waals surface area contributed by atoms with Gasteiger partial charge < -0.3 is 14.6 Å². The van der Waals surface area contributed by atoms with E-state index < -0.39 is 0 Å². The number of rotatable bonds is 7. The molecule has 0 unspecified atom stereocenters. The molecule has 1 saturated heterocycles.